The van der Waals surface area contributed by atoms with E-state index in [0.717, 1.165) is 18.6 Å². The van der Waals surface area contributed by atoms with Gasteiger partial charge in [-0.05, 0) is 52.4 Å². The van der Waals surface area contributed by atoms with Gasteiger partial charge in [0.25, 0.3) is 0 Å². The number of hydrogen-bond acceptors (Lipinski definition) is 3. The summed E-state index contributed by atoms with van der Waals surface area (Å²) in [7, 11) is 2.38. The second kappa shape index (κ2) is 9.12. The molecule has 124 valence electrons. The quantitative estimate of drug-likeness (QED) is 0.812. The van der Waals surface area contributed by atoms with Crippen LogP contribution in [0, 0.1) is 0 Å². The largest absolute Gasteiger partial charge is 0.313 e. The molecule has 3 atom stereocenters. The van der Waals surface area contributed by atoms with Crippen molar-refractivity contribution in [3.05, 3.63) is 0 Å². The molecule has 3 heteroatoms. The van der Waals surface area contributed by atoms with Gasteiger partial charge in [0.2, 0.25) is 0 Å². The van der Waals surface area contributed by atoms with Crippen LogP contribution in [-0.4, -0.2) is 61.2 Å². The highest BCUT2D eigenvalue weighted by atomic mass is 15.2. The van der Waals surface area contributed by atoms with E-state index in [1.807, 2.05) is 0 Å². The van der Waals surface area contributed by atoms with Crippen LogP contribution in [0.15, 0.2) is 0 Å². The van der Waals surface area contributed by atoms with Gasteiger partial charge in [0, 0.05) is 24.7 Å². The molecule has 0 spiro atoms. The molecule has 2 rings (SSSR count). The van der Waals surface area contributed by atoms with Gasteiger partial charge in [0.15, 0.2) is 0 Å². The van der Waals surface area contributed by atoms with E-state index in [1.54, 1.807) is 0 Å². The molecule has 1 aliphatic carbocycles. The maximum Gasteiger partial charge on any atom is 0.0246 e. The Balaban J connectivity index is 1.93. The molecular formula is C18H37N3. The highest BCUT2D eigenvalue weighted by Crippen LogP contribution is 2.24. The molecule has 0 bridgehead atoms. The van der Waals surface area contributed by atoms with Crippen LogP contribution < -0.4 is 5.32 Å². The van der Waals surface area contributed by atoms with Crippen molar-refractivity contribution in [2.75, 3.05) is 33.2 Å². The number of nitrogens with one attached hydrogen (secondary N) is 1. The van der Waals surface area contributed by atoms with Crippen molar-refractivity contribution < 1.29 is 0 Å². The van der Waals surface area contributed by atoms with Crippen molar-refractivity contribution in [2.24, 2.45) is 0 Å². The Morgan fingerprint density at radius 2 is 1.76 bits per heavy atom. The lowest BCUT2D eigenvalue weighted by Crippen LogP contribution is -2.52. The summed E-state index contributed by atoms with van der Waals surface area (Å²) < 4.78 is 0. The molecule has 0 aromatic carbocycles. The Kier molecular flexibility index (Phi) is 7.48. The Morgan fingerprint density at radius 3 is 2.48 bits per heavy atom. The van der Waals surface area contributed by atoms with E-state index < -0.39 is 0 Å². The van der Waals surface area contributed by atoms with Crippen LogP contribution in [0.25, 0.3) is 0 Å². The van der Waals surface area contributed by atoms with Gasteiger partial charge in [-0.15, -0.1) is 0 Å². The standard InChI is InChI=1S/C18H37N3/c1-4-19-17-12-8-6-7-9-13-18(17)20(3)15-16-11-10-14-21(16)5-2/h16-19H,4-15H2,1-3H3. The molecule has 2 aliphatic rings. The average Bonchev–Trinajstić information content (AvgIpc) is 2.89. The molecule has 1 N–H and O–H groups in total. The van der Waals surface area contributed by atoms with Gasteiger partial charge in [-0.1, -0.05) is 39.5 Å². The number of likely N-dealkylation sites (tertiary alicyclic amines) is 1. The Bertz CT molecular complexity index is 282. The van der Waals surface area contributed by atoms with Gasteiger partial charge in [-0.3, -0.25) is 4.90 Å². The third-order valence-corrected chi connectivity index (χ3v) is 5.67. The Labute approximate surface area is 132 Å². The fourth-order valence-corrected chi connectivity index (χ4v) is 4.48. The van der Waals surface area contributed by atoms with E-state index in [4.69, 9.17) is 0 Å². The van der Waals surface area contributed by atoms with Gasteiger partial charge in [-0.2, -0.15) is 0 Å². The molecular weight excluding hydrogens is 258 g/mol. The van der Waals surface area contributed by atoms with Crippen LogP contribution in [-0.2, 0) is 0 Å². The molecule has 1 saturated heterocycles. The molecule has 1 heterocycles. The Morgan fingerprint density at radius 1 is 1.00 bits per heavy atom. The van der Waals surface area contributed by atoms with Gasteiger partial charge >= 0.3 is 0 Å². The summed E-state index contributed by atoms with van der Waals surface area (Å²) >= 11 is 0. The lowest BCUT2D eigenvalue weighted by molar-refractivity contribution is 0.123. The van der Waals surface area contributed by atoms with Gasteiger partial charge in [0.05, 0.1) is 0 Å². The van der Waals surface area contributed by atoms with Crippen molar-refractivity contribution in [3.8, 4) is 0 Å². The number of hydrogen-bond donors (Lipinski definition) is 1. The second-order valence-electron chi connectivity index (χ2n) is 7.09. The average molecular weight is 296 g/mol. The first-order valence-corrected chi connectivity index (χ1v) is 9.44. The first-order valence-electron chi connectivity index (χ1n) is 9.44. The zero-order valence-electron chi connectivity index (χ0n) is 14.6. The van der Waals surface area contributed by atoms with Crippen molar-refractivity contribution in [1.82, 2.24) is 15.1 Å². The molecule has 0 aromatic heterocycles. The minimum Gasteiger partial charge on any atom is -0.313 e. The summed E-state index contributed by atoms with van der Waals surface area (Å²) in [6.45, 7) is 9.48. The van der Waals surface area contributed by atoms with E-state index in [0.29, 0.717) is 6.04 Å². The first-order chi connectivity index (χ1) is 10.3. The SMILES string of the molecule is CCNC1CCCCCCC1N(C)CC1CCCN1CC. The fraction of sp³-hybridized carbons (Fsp3) is 1.00. The summed E-state index contributed by atoms with van der Waals surface area (Å²) in [5.74, 6) is 0. The van der Waals surface area contributed by atoms with E-state index in [2.05, 4.69) is 36.0 Å². The van der Waals surface area contributed by atoms with Crippen LogP contribution in [0.2, 0.25) is 0 Å². The summed E-state index contributed by atoms with van der Waals surface area (Å²) in [4.78, 5) is 5.37. The van der Waals surface area contributed by atoms with E-state index in [1.165, 1.54) is 71.0 Å². The monoisotopic (exact) mass is 295 g/mol. The first kappa shape index (κ1) is 17.2. The second-order valence-corrected chi connectivity index (χ2v) is 7.09. The number of rotatable bonds is 6. The predicted octanol–water partition coefficient (Wildman–Crippen LogP) is 3.10. The van der Waals surface area contributed by atoms with E-state index >= 15 is 0 Å². The molecule has 0 amide bonds. The van der Waals surface area contributed by atoms with E-state index in [9.17, 15) is 0 Å². The molecule has 1 aliphatic heterocycles. The van der Waals surface area contributed by atoms with Crippen molar-refractivity contribution >= 4 is 0 Å². The predicted molar refractivity (Wildman–Crippen MR) is 91.9 cm³/mol. The topological polar surface area (TPSA) is 18.5 Å². The van der Waals surface area contributed by atoms with Crippen LogP contribution in [0.5, 0.6) is 0 Å². The maximum absolute atomic E-state index is 3.78. The van der Waals surface area contributed by atoms with Crippen molar-refractivity contribution in [3.63, 3.8) is 0 Å². The molecule has 3 unspecified atom stereocenters. The molecule has 3 nitrogen and oxygen atoms in total. The highest BCUT2D eigenvalue weighted by molar-refractivity contribution is 4.88. The molecule has 0 aromatic rings. The zero-order chi connectivity index (χ0) is 15.1. The maximum atomic E-state index is 3.78. The third-order valence-electron chi connectivity index (χ3n) is 5.67. The smallest absolute Gasteiger partial charge is 0.0246 e. The van der Waals surface area contributed by atoms with Crippen molar-refractivity contribution in [2.45, 2.75) is 83.3 Å². The normalized spacial score (nSPS) is 32.3. The highest BCUT2D eigenvalue weighted by Gasteiger charge is 2.30. The van der Waals surface area contributed by atoms with Gasteiger partial charge in [-0.25, -0.2) is 0 Å². The summed E-state index contributed by atoms with van der Waals surface area (Å²) in [6.07, 6.45) is 11.2. The Hall–Kier alpha value is -0.120. The lowest BCUT2D eigenvalue weighted by Gasteiger charge is -2.39. The minimum atomic E-state index is 0.705. The number of likely N-dealkylation sites (N-methyl/N-ethyl adjacent to an activating group) is 3. The molecule has 21 heavy (non-hydrogen) atoms. The molecule has 0 radical (unpaired) electrons. The number of nitrogens with zero attached hydrogens (tertiary/aromatic N) is 2. The van der Waals surface area contributed by atoms with Crippen LogP contribution in [0.4, 0.5) is 0 Å². The van der Waals surface area contributed by atoms with Crippen molar-refractivity contribution in [1.29, 1.82) is 0 Å². The van der Waals surface area contributed by atoms with Crippen LogP contribution in [0.1, 0.15) is 65.2 Å². The van der Waals surface area contributed by atoms with E-state index in [-0.39, 0.29) is 0 Å². The third kappa shape index (κ3) is 4.94. The zero-order valence-corrected chi connectivity index (χ0v) is 14.6. The molecule has 1 saturated carbocycles. The minimum absolute atomic E-state index is 0.705. The van der Waals surface area contributed by atoms with Gasteiger partial charge < -0.3 is 10.2 Å². The summed E-state index contributed by atoms with van der Waals surface area (Å²) in [6, 6.07) is 2.24. The lowest BCUT2D eigenvalue weighted by atomic mass is 9.91. The molecule has 2 fully saturated rings. The van der Waals surface area contributed by atoms with Gasteiger partial charge in [0.1, 0.15) is 0 Å². The van der Waals surface area contributed by atoms with Crippen LogP contribution >= 0.6 is 0 Å². The van der Waals surface area contributed by atoms with Crippen LogP contribution in [0.3, 0.4) is 0 Å². The summed E-state index contributed by atoms with van der Waals surface area (Å²) in [5.41, 5.74) is 0. The summed E-state index contributed by atoms with van der Waals surface area (Å²) in [5, 5.41) is 3.78. The fourth-order valence-electron chi connectivity index (χ4n) is 4.48.